The monoisotopic (exact) mass is 330 g/mol. The molecule has 1 amide bonds. The van der Waals surface area contributed by atoms with Crippen molar-refractivity contribution in [1.29, 1.82) is 0 Å². The van der Waals surface area contributed by atoms with E-state index in [2.05, 4.69) is 4.90 Å². The molecule has 2 aliphatic heterocycles. The van der Waals surface area contributed by atoms with Crippen molar-refractivity contribution in [3.8, 4) is 0 Å². The van der Waals surface area contributed by atoms with Gasteiger partial charge in [-0.05, 0) is 18.6 Å². The second kappa shape index (κ2) is 6.19. The van der Waals surface area contributed by atoms with E-state index >= 15 is 0 Å². The molecule has 20 heavy (non-hydrogen) atoms. The summed E-state index contributed by atoms with van der Waals surface area (Å²) in [6, 6.07) is 0. The van der Waals surface area contributed by atoms with E-state index in [4.69, 9.17) is 17.3 Å². The number of allylic oxidation sites excluding steroid dienone is 2. The highest BCUT2D eigenvalue weighted by Crippen LogP contribution is 2.35. The van der Waals surface area contributed by atoms with Gasteiger partial charge in [0.05, 0.1) is 9.93 Å². The van der Waals surface area contributed by atoms with Gasteiger partial charge in [0, 0.05) is 19.3 Å². The number of amides is 1. The molecule has 0 unspecified atom stereocenters. The number of carboxylic acids is 1. The van der Waals surface area contributed by atoms with E-state index < -0.39 is 5.97 Å². The van der Waals surface area contributed by atoms with Gasteiger partial charge in [0.1, 0.15) is 10.9 Å². The highest BCUT2D eigenvalue weighted by molar-refractivity contribution is 8.26. The minimum atomic E-state index is -1.07. The zero-order valence-electron chi connectivity index (χ0n) is 11.1. The first-order valence-electron chi connectivity index (χ1n) is 5.92. The summed E-state index contributed by atoms with van der Waals surface area (Å²) in [4.78, 5) is 26.7. The number of nitrogens with zero attached hydrogens (tertiary/aromatic N) is 2. The summed E-state index contributed by atoms with van der Waals surface area (Å²) in [5, 5.41) is 9.91. The number of rotatable bonds is 3. The molecule has 108 valence electrons. The van der Waals surface area contributed by atoms with Crippen molar-refractivity contribution in [2.24, 2.45) is 0 Å². The van der Waals surface area contributed by atoms with Crippen LogP contribution in [-0.4, -0.2) is 57.0 Å². The molecule has 0 saturated carbocycles. The lowest BCUT2D eigenvalue weighted by molar-refractivity contribution is -0.140. The van der Waals surface area contributed by atoms with Gasteiger partial charge in [-0.3, -0.25) is 14.5 Å². The Kier molecular flexibility index (Phi) is 4.77. The van der Waals surface area contributed by atoms with Gasteiger partial charge in [-0.2, -0.15) is 0 Å². The van der Waals surface area contributed by atoms with E-state index in [1.165, 1.54) is 11.8 Å². The summed E-state index contributed by atoms with van der Waals surface area (Å²) in [5.41, 5.74) is 0.825. The Morgan fingerprint density at radius 2 is 2.25 bits per heavy atom. The first-order chi connectivity index (χ1) is 9.40. The Balaban J connectivity index is 2.24. The summed E-state index contributed by atoms with van der Waals surface area (Å²) < 4.78 is 0.303. The third-order valence-electron chi connectivity index (χ3n) is 2.89. The number of carboxylic acid groups (broad SMARTS) is 1. The highest BCUT2D eigenvalue weighted by Gasteiger charge is 2.34. The molecule has 0 aromatic carbocycles. The molecule has 2 heterocycles. The zero-order chi connectivity index (χ0) is 14.9. The standard InChI is InChI=1S/C12H14N2O3S3/c1-7(5-8-13(2)3-4-19-8)10-11(17)14(6-9(15)16)12(18)20-10/h5H,3-4,6H2,1-2H3,(H,15,16)/b8-5-,10-7-. The van der Waals surface area contributed by atoms with E-state index in [1.807, 2.05) is 20.0 Å². The molecule has 0 atom stereocenters. The molecule has 0 aromatic rings. The van der Waals surface area contributed by atoms with Crippen molar-refractivity contribution < 1.29 is 14.7 Å². The van der Waals surface area contributed by atoms with Crippen molar-refractivity contribution in [3.05, 3.63) is 21.6 Å². The Labute approximate surface area is 131 Å². The van der Waals surface area contributed by atoms with Crippen molar-refractivity contribution >= 4 is 51.9 Å². The van der Waals surface area contributed by atoms with E-state index in [-0.39, 0.29) is 12.5 Å². The van der Waals surface area contributed by atoms with Crippen LogP contribution in [0.3, 0.4) is 0 Å². The van der Waals surface area contributed by atoms with E-state index in [0.717, 1.165) is 27.8 Å². The molecule has 0 bridgehead atoms. The molecule has 2 fully saturated rings. The van der Waals surface area contributed by atoms with Crippen molar-refractivity contribution in [1.82, 2.24) is 9.80 Å². The molecule has 5 nitrogen and oxygen atoms in total. The molecule has 0 aliphatic carbocycles. The third-order valence-corrected chi connectivity index (χ3v) is 5.57. The quantitative estimate of drug-likeness (QED) is 0.624. The lowest BCUT2D eigenvalue weighted by Gasteiger charge is -2.12. The average Bonchev–Trinajstić information content (AvgIpc) is 2.88. The second-order valence-electron chi connectivity index (χ2n) is 4.42. The Bertz CT molecular complexity index is 542. The first kappa shape index (κ1) is 15.4. The topological polar surface area (TPSA) is 60.9 Å². The van der Waals surface area contributed by atoms with Gasteiger partial charge in [-0.1, -0.05) is 24.0 Å². The Morgan fingerprint density at radius 1 is 1.55 bits per heavy atom. The lowest BCUT2D eigenvalue weighted by Crippen LogP contribution is -2.33. The number of hydrogen-bond donors (Lipinski definition) is 1. The van der Waals surface area contributed by atoms with Gasteiger partial charge in [-0.25, -0.2) is 0 Å². The van der Waals surface area contributed by atoms with Crippen molar-refractivity contribution in [2.45, 2.75) is 6.92 Å². The van der Waals surface area contributed by atoms with E-state index in [0.29, 0.717) is 9.23 Å². The van der Waals surface area contributed by atoms with Crippen LogP contribution in [0.2, 0.25) is 0 Å². The van der Waals surface area contributed by atoms with E-state index in [9.17, 15) is 9.59 Å². The molecule has 2 aliphatic rings. The lowest BCUT2D eigenvalue weighted by atomic mass is 10.2. The molecule has 8 heteroatoms. The molecule has 1 N–H and O–H groups in total. The number of hydrogen-bond acceptors (Lipinski definition) is 6. The molecule has 0 radical (unpaired) electrons. The minimum absolute atomic E-state index is 0.303. The fraction of sp³-hybridized carbons (Fsp3) is 0.417. The molecular formula is C12H14N2O3S3. The van der Waals surface area contributed by atoms with Crippen molar-refractivity contribution in [3.63, 3.8) is 0 Å². The van der Waals surface area contributed by atoms with Crippen LogP contribution in [0, 0.1) is 0 Å². The maximum atomic E-state index is 12.2. The average molecular weight is 330 g/mol. The van der Waals surface area contributed by atoms with Gasteiger partial charge < -0.3 is 10.0 Å². The largest absolute Gasteiger partial charge is 0.480 e. The summed E-state index contributed by atoms with van der Waals surface area (Å²) in [5.74, 6) is -0.345. The van der Waals surface area contributed by atoms with Crippen LogP contribution in [0.1, 0.15) is 6.92 Å². The maximum Gasteiger partial charge on any atom is 0.323 e. The molecular weight excluding hydrogens is 316 g/mol. The molecule has 2 saturated heterocycles. The number of carbonyl (C=O) groups is 2. The van der Waals surface area contributed by atoms with Crippen LogP contribution >= 0.6 is 35.7 Å². The summed E-state index contributed by atoms with van der Waals surface area (Å²) in [6.07, 6.45) is 1.96. The maximum absolute atomic E-state index is 12.2. The van der Waals surface area contributed by atoms with Gasteiger partial charge in [-0.15, -0.1) is 11.8 Å². The van der Waals surface area contributed by atoms with Crippen LogP contribution in [0.4, 0.5) is 0 Å². The highest BCUT2D eigenvalue weighted by atomic mass is 32.2. The van der Waals surface area contributed by atoms with Crippen LogP contribution in [0.5, 0.6) is 0 Å². The normalized spacial score (nSPS) is 24.0. The second-order valence-corrected chi connectivity index (χ2v) is 7.18. The first-order valence-corrected chi connectivity index (χ1v) is 8.13. The zero-order valence-corrected chi connectivity index (χ0v) is 13.5. The van der Waals surface area contributed by atoms with Gasteiger partial charge in [0.15, 0.2) is 0 Å². The molecule has 0 spiro atoms. The Morgan fingerprint density at radius 3 is 2.80 bits per heavy atom. The van der Waals surface area contributed by atoms with Crippen LogP contribution < -0.4 is 0 Å². The van der Waals surface area contributed by atoms with E-state index in [1.54, 1.807) is 11.8 Å². The fourth-order valence-corrected chi connectivity index (χ4v) is 4.22. The number of thioether (sulfide) groups is 2. The van der Waals surface area contributed by atoms with Crippen LogP contribution in [0.15, 0.2) is 21.6 Å². The Hall–Kier alpha value is -0.990. The summed E-state index contributed by atoms with van der Waals surface area (Å²) >= 11 is 7.98. The predicted molar refractivity (Wildman–Crippen MR) is 85.4 cm³/mol. The van der Waals surface area contributed by atoms with Crippen molar-refractivity contribution in [2.75, 3.05) is 25.9 Å². The number of carbonyl (C=O) groups excluding carboxylic acids is 1. The third kappa shape index (κ3) is 3.18. The SMILES string of the molecule is CC(/C=C1\SCCN1C)=C1/SC(=S)N(CC(=O)O)C1=O. The van der Waals surface area contributed by atoms with Crippen LogP contribution in [0.25, 0.3) is 0 Å². The predicted octanol–water partition coefficient (Wildman–Crippen LogP) is 1.73. The fourth-order valence-electron chi connectivity index (χ4n) is 1.82. The van der Waals surface area contributed by atoms with Gasteiger partial charge >= 0.3 is 5.97 Å². The van der Waals surface area contributed by atoms with Crippen LogP contribution in [-0.2, 0) is 9.59 Å². The smallest absolute Gasteiger partial charge is 0.323 e. The number of thiocarbonyl (C=S) groups is 1. The molecule has 0 aromatic heterocycles. The minimum Gasteiger partial charge on any atom is -0.480 e. The van der Waals surface area contributed by atoms with Gasteiger partial charge in [0.2, 0.25) is 0 Å². The summed E-state index contributed by atoms with van der Waals surface area (Å²) in [7, 11) is 2.01. The molecule has 2 rings (SSSR count). The number of aliphatic carboxylic acids is 1. The van der Waals surface area contributed by atoms with Gasteiger partial charge in [0.25, 0.3) is 5.91 Å². The summed E-state index contributed by atoms with van der Waals surface area (Å²) in [6.45, 7) is 2.46.